The van der Waals surface area contributed by atoms with Crippen LogP contribution in [0.2, 0.25) is 5.02 Å². The number of rotatable bonds is 6. The van der Waals surface area contributed by atoms with Gasteiger partial charge < -0.3 is 9.47 Å². The summed E-state index contributed by atoms with van der Waals surface area (Å²) in [6.07, 6.45) is 1.63. The van der Waals surface area contributed by atoms with Gasteiger partial charge in [0, 0.05) is 0 Å². The van der Waals surface area contributed by atoms with Crippen molar-refractivity contribution in [3.8, 4) is 17.2 Å². The first-order valence-corrected chi connectivity index (χ1v) is 10.7. The fraction of sp³-hybridized carbons (Fsp3) is 0.150. The molecule has 0 bridgehead atoms. The van der Waals surface area contributed by atoms with Crippen LogP contribution in [0, 0.1) is 0 Å². The molecular formula is C20H20ClN3O5S. The first kappa shape index (κ1) is 21.7. The molecule has 3 N–H and O–H groups in total. The number of nitrogens with zero attached hydrogens (tertiary/aromatic N) is 1. The van der Waals surface area contributed by atoms with Gasteiger partial charge in [-0.05, 0) is 55.0 Å². The van der Waals surface area contributed by atoms with Crippen LogP contribution >= 0.6 is 11.6 Å². The van der Waals surface area contributed by atoms with E-state index in [0.717, 1.165) is 0 Å². The molecule has 0 unspecified atom stereocenters. The number of ether oxygens (including phenoxy) is 2. The van der Waals surface area contributed by atoms with Crippen molar-refractivity contribution in [3.05, 3.63) is 67.9 Å². The molecule has 0 saturated heterocycles. The highest BCUT2D eigenvalue weighted by atomic mass is 35.5. The highest BCUT2D eigenvalue weighted by Crippen LogP contribution is 2.36. The molecule has 0 fully saturated rings. The molecule has 2 aromatic carbocycles. The van der Waals surface area contributed by atoms with Crippen molar-refractivity contribution in [2.45, 2.75) is 11.8 Å². The van der Waals surface area contributed by atoms with E-state index in [-0.39, 0.29) is 10.5 Å². The maximum Gasteiger partial charge on any atom is 0.279 e. The Labute approximate surface area is 177 Å². The summed E-state index contributed by atoms with van der Waals surface area (Å²) in [5, 5.41) is 9.02. The van der Waals surface area contributed by atoms with Gasteiger partial charge >= 0.3 is 0 Å². The van der Waals surface area contributed by atoms with Gasteiger partial charge in [0.05, 0.1) is 39.9 Å². The number of sulfonamides is 1. The fourth-order valence-corrected chi connectivity index (χ4v) is 3.72. The summed E-state index contributed by atoms with van der Waals surface area (Å²) in [7, 11) is -2.33. The lowest BCUT2D eigenvalue weighted by Gasteiger charge is -2.11. The zero-order valence-corrected chi connectivity index (χ0v) is 17.9. The second-order valence-corrected chi connectivity index (χ2v) is 8.26. The van der Waals surface area contributed by atoms with E-state index in [4.69, 9.17) is 26.2 Å². The van der Waals surface area contributed by atoms with Gasteiger partial charge in [-0.15, -0.1) is 0 Å². The van der Waals surface area contributed by atoms with Gasteiger partial charge in [0.15, 0.2) is 11.5 Å². The fourth-order valence-electron chi connectivity index (χ4n) is 2.91. The Hall–Kier alpha value is -3.01. The van der Waals surface area contributed by atoms with Gasteiger partial charge in [-0.2, -0.15) is 0 Å². The van der Waals surface area contributed by atoms with Gasteiger partial charge in [-0.25, -0.2) is 18.2 Å². The maximum atomic E-state index is 12.9. The number of benzene rings is 2. The van der Waals surface area contributed by atoms with E-state index in [1.54, 1.807) is 18.2 Å². The summed E-state index contributed by atoms with van der Waals surface area (Å²) in [6.45, 7) is 6.14. The molecule has 0 aliphatic heterocycles. The van der Waals surface area contributed by atoms with Crippen molar-refractivity contribution in [2.75, 3.05) is 13.7 Å². The van der Waals surface area contributed by atoms with Crippen LogP contribution in [0.25, 0.3) is 18.3 Å². The average molecular weight is 450 g/mol. The van der Waals surface area contributed by atoms with Crippen LogP contribution in [0.3, 0.4) is 0 Å². The first-order valence-electron chi connectivity index (χ1n) is 8.81. The number of primary sulfonamides is 1. The van der Waals surface area contributed by atoms with Crippen LogP contribution in [0.1, 0.15) is 12.5 Å². The zero-order valence-electron chi connectivity index (χ0n) is 16.3. The summed E-state index contributed by atoms with van der Waals surface area (Å²) in [5.74, 6) is 0.866. The van der Waals surface area contributed by atoms with Crippen molar-refractivity contribution in [1.29, 1.82) is 0 Å². The van der Waals surface area contributed by atoms with Crippen LogP contribution in [-0.4, -0.2) is 31.9 Å². The van der Waals surface area contributed by atoms with Crippen molar-refractivity contribution in [3.63, 3.8) is 0 Å². The minimum absolute atomic E-state index is 0.0520. The molecule has 1 aromatic heterocycles. The van der Waals surface area contributed by atoms with Crippen LogP contribution < -0.4 is 30.7 Å². The van der Waals surface area contributed by atoms with Gasteiger partial charge in [0.1, 0.15) is 0 Å². The number of nitrogens with two attached hydrogens (primary N) is 1. The quantitative estimate of drug-likeness (QED) is 0.584. The molecule has 0 saturated carbocycles. The maximum absolute atomic E-state index is 12.9. The molecule has 0 radical (unpaired) electrons. The lowest BCUT2D eigenvalue weighted by molar-refractivity contribution is 0.311. The van der Waals surface area contributed by atoms with Crippen molar-refractivity contribution in [1.82, 2.24) is 9.78 Å². The van der Waals surface area contributed by atoms with Crippen LogP contribution in [0.15, 0.2) is 46.1 Å². The summed E-state index contributed by atoms with van der Waals surface area (Å²) in [4.78, 5) is 12.9. The molecule has 0 aliphatic carbocycles. The van der Waals surface area contributed by atoms with Crippen LogP contribution in [-0.2, 0) is 10.0 Å². The zero-order chi connectivity index (χ0) is 22.1. The summed E-state index contributed by atoms with van der Waals surface area (Å²) >= 11 is 6.28. The second-order valence-electron chi connectivity index (χ2n) is 6.29. The number of halogens is 1. The molecule has 10 heteroatoms. The third kappa shape index (κ3) is 4.28. The van der Waals surface area contributed by atoms with Crippen molar-refractivity contribution >= 4 is 34.3 Å². The number of hydrogen-bond donors (Lipinski definition) is 2. The normalized spacial score (nSPS) is 12.2. The van der Waals surface area contributed by atoms with E-state index >= 15 is 0 Å². The topological polar surface area (TPSA) is 116 Å². The number of methoxy groups -OCH3 is 1. The first-order chi connectivity index (χ1) is 14.2. The third-order valence-electron chi connectivity index (χ3n) is 4.28. The highest BCUT2D eigenvalue weighted by Gasteiger charge is 2.12. The molecule has 8 nitrogen and oxygen atoms in total. The van der Waals surface area contributed by atoms with Gasteiger partial charge in [-0.1, -0.05) is 18.2 Å². The molecule has 0 aliphatic rings. The number of aromatic amines is 1. The minimum atomic E-state index is -3.83. The standard InChI is InChI=1S/C20H20ClN3O5S/c1-4-29-18-11-13(10-17(21)19(18)28-3)9-16-12(2)23-24(20(16)25)14-5-7-15(8-6-14)30(22,26)27/h5-11,23H,2,4H2,1,3H3,(H2,22,26,27)/b16-9+. The Kier molecular flexibility index (Phi) is 6.06. The lowest BCUT2D eigenvalue weighted by Crippen LogP contribution is -2.34. The Morgan fingerprint density at radius 1 is 1.27 bits per heavy atom. The smallest absolute Gasteiger partial charge is 0.279 e. The number of nitrogens with one attached hydrogen (secondary N) is 1. The summed E-state index contributed by atoms with van der Waals surface area (Å²) in [6, 6.07) is 8.95. The van der Waals surface area contributed by atoms with E-state index in [9.17, 15) is 13.2 Å². The molecule has 30 heavy (non-hydrogen) atoms. The molecule has 0 spiro atoms. The Morgan fingerprint density at radius 2 is 1.93 bits per heavy atom. The number of H-pyrrole nitrogens is 1. The van der Waals surface area contributed by atoms with Crippen molar-refractivity contribution in [2.24, 2.45) is 5.14 Å². The third-order valence-corrected chi connectivity index (χ3v) is 5.49. The highest BCUT2D eigenvalue weighted by molar-refractivity contribution is 7.89. The van der Waals surface area contributed by atoms with E-state index in [2.05, 4.69) is 11.7 Å². The Balaban J connectivity index is 2.12. The second kappa shape index (κ2) is 8.39. The Morgan fingerprint density at radius 3 is 2.50 bits per heavy atom. The SMILES string of the molecule is C=c1[nH]n(-c2ccc(S(N)(=O)=O)cc2)c(=O)/c1=C/c1cc(Cl)c(OC)c(OCC)c1. The predicted octanol–water partition coefficient (Wildman–Crippen LogP) is 1.11. The molecule has 158 valence electrons. The Bertz CT molecular complexity index is 1360. The van der Waals surface area contributed by atoms with Crippen LogP contribution in [0.4, 0.5) is 0 Å². The van der Waals surface area contributed by atoms with Gasteiger partial charge in [0.2, 0.25) is 10.0 Å². The van der Waals surface area contributed by atoms with E-state index in [1.165, 1.54) is 36.1 Å². The predicted molar refractivity (Wildman–Crippen MR) is 115 cm³/mol. The minimum Gasteiger partial charge on any atom is -0.491 e. The van der Waals surface area contributed by atoms with Gasteiger partial charge in [0.25, 0.3) is 5.56 Å². The number of aromatic nitrogens is 2. The molecule has 0 amide bonds. The average Bonchev–Trinajstić information content (AvgIpc) is 2.96. The lowest BCUT2D eigenvalue weighted by atomic mass is 10.1. The summed E-state index contributed by atoms with van der Waals surface area (Å²) < 4.78 is 34.9. The van der Waals surface area contributed by atoms with E-state index in [1.807, 2.05) is 6.92 Å². The monoisotopic (exact) mass is 449 g/mol. The molecule has 3 rings (SSSR count). The largest absolute Gasteiger partial charge is 0.491 e. The van der Waals surface area contributed by atoms with E-state index < -0.39 is 10.0 Å². The van der Waals surface area contributed by atoms with E-state index in [0.29, 0.717) is 44.9 Å². The molecule has 3 aromatic rings. The van der Waals surface area contributed by atoms with Crippen LogP contribution in [0.5, 0.6) is 11.5 Å². The molecule has 1 heterocycles. The van der Waals surface area contributed by atoms with Gasteiger partial charge in [-0.3, -0.25) is 9.89 Å². The van der Waals surface area contributed by atoms with Crippen molar-refractivity contribution < 1.29 is 17.9 Å². The molecular weight excluding hydrogens is 430 g/mol. The molecule has 0 atom stereocenters. The number of hydrogen-bond acceptors (Lipinski definition) is 5. The summed E-state index contributed by atoms with van der Waals surface area (Å²) in [5.41, 5.74) is 0.690.